The SMILES string of the molecule is CCNC(=O)N(CC)CCN1C(=O)[C@H](C)S[C@H]1c1ccccc1C. The van der Waals surface area contributed by atoms with Gasteiger partial charge in [0.15, 0.2) is 0 Å². The van der Waals surface area contributed by atoms with Crippen molar-refractivity contribution in [2.45, 2.75) is 38.3 Å². The van der Waals surface area contributed by atoms with Crippen LogP contribution in [-0.4, -0.2) is 53.2 Å². The summed E-state index contributed by atoms with van der Waals surface area (Å²) < 4.78 is 0. The van der Waals surface area contributed by atoms with E-state index in [4.69, 9.17) is 0 Å². The molecule has 1 heterocycles. The Hall–Kier alpha value is -1.69. The molecule has 1 fully saturated rings. The zero-order chi connectivity index (χ0) is 17.7. The summed E-state index contributed by atoms with van der Waals surface area (Å²) in [5.74, 6) is 0.153. The van der Waals surface area contributed by atoms with Gasteiger partial charge in [-0.3, -0.25) is 4.79 Å². The van der Waals surface area contributed by atoms with Crippen LogP contribution >= 0.6 is 11.8 Å². The predicted molar refractivity (Wildman–Crippen MR) is 99.0 cm³/mol. The summed E-state index contributed by atoms with van der Waals surface area (Å²) in [6.07, 6.45) is 0. The summed E-state index contributed by atoms with van der Waals surface area (Å²) in [4.78, 5) is 28.3. The zero-order valence-corrected chi connectivity index (χ0v) is 15.7. The largest absolute Gasteiger partial charge is 0.338 e. The van der Waals surface area contributed by atoms with E-state index in [-0.39, 0.29) is 22.6 Å². The molecule has 1 aromatic carbocycles. The Kier molecular flexibility index (Phi) is 6.54. The number of likely N-dealkylation sites (N-methyl/N-ethyl adjacent to an activating group) is 1. The fourth-order valence-electron chi connectivity index (χ4n) is 2.90. The van der Waals surface area contributed by atoms with Crippen molar-refractivity contribution >= 4 is 23.7 Å². The van der Waals surface area contributed by atoms with Gasteiger partial charge in [-0.05, 0) is 38.8 Å². The molecule has 1 N–H and O–H groups in total. The first-order chi connectivity index (χ1) is 11.5. The molecule has 6 heteroatoms. The fraction of sp³-hybridized carbons (Fsp3) is 0.556. The van der Waals surface area contributed by atoms with E-state index in [0.29, 0.717) is 26.2 Å². The predicted octanol–water partition coefficient (Wildman–Crippen LogP) is 3.01. The molecule has 0 aliphatic carbocycles. The number of hydrogen-bond acceptors (Lipinski definition) is 3. The summed E-state index contributed by atoms with van der Waals surface area (Å²) in [5, 5.41) is 2.80. The average Bonchev–Trinajstić information content (AvgIpc) is 2.84. The van der Waals surface area contributed by atoms with E-state index in [9.17, 15) is 9.59 Å². The topological polar surface area (TPSA) is 52.7 Å². The summed E-state index contributed by atoms with van der Waals surface area (Å²) in [6, 6.07) is 8.13. The lowest BCUT2D eigenvalue weighted by Crippen LogP contribution is -2.44. The lowest BCUT2D eigenvalue weighted by molar-refractivity contribution is -0.129. The number of rotatable bonds is 6. The summed E-state index contributed by atoms with van der Waals surface area (Å²) in [7, 11) is 0. The van der Waals surface area contributed by atoms with Gasteiger partial charge in [0.05, 0.1) is 5.25 Å². The third-order valence-corrected chi connectivity index (χ3v) is 5.69. The Morgan fingerprint density at radius 2 is 2.04 bits per heavy atom. The Balaban J connectivity index is 2.12. The number of thioether (sulfide) groups is 1. The van der Waals surface area contributed by atoms with Gasteiger partial charge in [0.25, 0.3) is 0 Å². The van der Waals surface area contributed by atoms with Crippen molar-refractivity contribution in [3.63, 3.8) is 0 Å². The van der Waals surface area contributed by atoms with Crippen molar-refractivity contribution in [1.82, 2.24) is 15.1 Å². The first-order valence-corrected chi connectivity index (χ1v) is 9.48. The number of nitrogens with zero attached hydrogens (tertiary/aromatic N) is 2. The molecule has 0 bridgehead atoms. The van der Waals surface area contributed by atoms with Crippen LogP contribution in [0, 0.1) is 6.92 Å². The van der Waals surface area contributed by atoms with Crippen molar-refractivity contribution < 1.29 is 9.59 Å². The zero-order valence-electron chi connectivity index (χ0n) is 14.9. The molecule has 0 radical (unpaired) electrons. The van der Waals surface area contributed by atoms with E-state index in [1.807, 2.05) is 37.8 Å². The average molecular weight is 350 g/mol. The third kappa shape index (κ3) is 4.04. The smallest absolute Gasteiger partial charge is 0.317 e. The second-order valence-electron chi connectivity index (χ2n) is 5.93. The Morgan fingerprint density at radius 3 is 2.67 bits per heavy atom. The van der Waals surface area contributed by atoms with Gasteiger partial charge in [0.1, 0.15) is 5.37 Å². The lowest BCUT2D eigenvalue weighted by atomic mass is 10.1. The number of hydrogen-bond donors (Lipinski definition) is 1. The number of aryl methyl sites for hydroxylation is 1. The Labute approximate surface area is 148 Å². The van der Waals surface area contributed by atoms with Crippen LogP contribution in [-0.2, 0) is 4.79 Å². The normalized spacial score (nSPS) is 20.3. The molecule has 2 rings (SSSR count). The molecular weight excluding hydrogens is 322 g/mol. The quantitative estimate of drug-likeness (QED) is 0.859. The maximum Gasteiger partial charge on any atom is 0.317 e. The standard InChI is InChI=1S/C18H27N3O2S/c1-5-19-18(23)20(6-2)11-12-21-16(22)14(4)24-17(21)15-10-8-7-9-13(15)3/h7-10,14,17H,5-6,11-12H2,1-4H3,(H,19,23)/t14-,17-/m0/s1. The molecule has 5 nitrogen and oxygen atoms in total. The molecule has 1 aromatic rings. The molecule has 0 aromatic heterocycles. The van der Waals surface area contributed by atoms with Crippen molar-refractivity contribution in [2.24, 2.45) is 0 Å². The molecule has 2 atom stereocenters. The highest BCUT2D eigenvalue weighted by Gasteiger charge is 2.38. The van der Waals surface area contributed by atoms with Crippen molar-refractivity contribution in [2.75, 3.05) is 26.2 Å². The second kappa shape index (κ2) is 8.42. The van der Waals surface area contributed by atoms with Gasteiger partial charge in [-0.2, -0.15) is 0 Å². The van der Waals surface area contributed by atoms with Gasteiger partial charge in [-0.15, -0.1) is 11.8 Å². The third-order valence-electron chi connectivity index (χ3n) is 4.31. The molecule has 1 aliphatic rings. The van der Waals surface area contributed by atoms with Gasteiger partial charge >= 0.3 is 6.03 Å². The Morgan fingerprint density at radius 1 is 1.33 bits per heavy atom. The maximum atomic E-state index is 12.6. The van der Waals surface area contributed by atoms with Crippen molar-refractivity contribution in [3.8, 4) is 0 Å². The van der Waals surface area contributed by atoms with Crippen molar-refractivity contribution in [1.29, 1.82) is 0 Å². The van der Waals surface area contributed by atoms with Crippen LogP contribution in [0.3, 0.4) is 0 Å². The summed E-state index contributed by atoms with van der Waals surface area (Å²) in [5.41, 5.74) is 2.37. The molecule has 0 spiro atoms. The lowest BCUT2D eigenvalue weighted by Gasteiger charge is -2.29. The van der Waals surface area contributed by atoms with E-state index in [1.165, 1.54) is 11.1 Å². The minimum atomic E-state index is -0.0696. The molecule has 132 valence electrons. The monoisotopic (exact) mass is 349 g/mol. The Bertz CT molecular complexity index is 593. The minimum absolute atomic E-state index is 0.0293. The number of amides is 3. The van der Waals surface area contributed by atoms with E-state index in [0.717, 1.165) is 0 Å². The highest BCUT2D eigenvalue weighted by Crippen LogP contribution is 2.43. The summed E-state index contributed by atoms with van der Waals surface area (Å²) in [6.45, 7) is 10.2. The van der Waals surface area contributed by atoms with Crippen molar-refractivity contribution in [3.05, 3.63) is 35.4 Å². The van der Waals surface area contributed by atoms with E-state index in [1.54, 1.807) is 16.7 Å². The molecule has 1 saturated heterocycles. The number of urea groups is 1. The molecule has 24 heavy (non-hydrogen) atoms. The van der Waals surface area contributed by atoms with E-state index < -0.39 is 0 Å². The molecular formula is C18H27N3O2S. The van der Waals surface area contributed by atoms with Crippen LogP contribution in [0.4, 0.5) is 4.79 Å². The first-order valence-electron chi connectivity index (χ1n) is 8.53. The van der Waals surface area contributed by atoms with E-state index in [2.05, 4.69) is 24.4 Å². The van der Waals surface area contributed by atoms with Gasteiger partial charge in [0, 0.05) is 26.2 Å². The van der Waals surface area contributed by atoms with Crippen LogP contribution in [0.15, 0.2) is 24.3 Å². The highest BCUT2D eigenvalue weighted by atomic mass is 32.2. The number of benzene rings is 1. The van der Waals surface area contributed by atoms with Gasteiger partial charge in [0.2, 0.25) is 5.91 Å². The summed E-state index contributed by atoms with van der Waals surface area (Å²) >= 11 is 1.68. The molecule has 0 saturated carbocycles. The van der Waals surface area contributed by atoms with E-state index >= 15 is 0 Å². The minimum Gasteiger partial charge on any atom is -0.338 e. The molecule has 1 aliphatic heterocycles. The van der Waals surface area contributed by atoms with Crippen LogP contribution in [0.5, 0.6) is 0 Å². The number of carbonyl (C=O) groups is 2. The second-order valence-corrected chi connectivity index (χ2v) is 7.36. The van der Waals surface area contributed by atoms with Gasteiger partial charge in [-0.25, -0.2) is 4.79 Å². The van der Waals surface area contributed by atoms with Crippen LogP contribution in [0.2, 0.25) is 0 Å². The van der Waals surface area contributed by atoms with Crippen LogP contribution < -0.4 is 5.32 Å². The molecule has 0 unspecified atom stereocenters. The van der Waals surface area contributed by atoms with Crippen LogP contribution in [0.1, 0.15) is 37.3 Å². The van der Waals surface area contributed by atoms with Crippen LogP contribution in [0.25, 0.3) is 0 Å². The molecule has 3 amide bonds. The van der Waals surface area contributed by atoms with Gasteiger partial charge < -0.3 is 15.1 Å². The van der Waals surface area contributed by atoms with Gasteiger partial charge in [-0.1, -0.05) is 24.3 Å². The maximum absolute atomic E-state index is 12.6. The number of carbonyl (C=O) groups excluding carboxylic acids is 2. The first kappa shape index (κ1) is 18.6. The fourth-order valence-corrected chi connectivity index (χ4v) is 4.31. The highest BCUT2D eigenvalue weighted by molar-refractivity contribution is 8.01. The number of nitrogens with one attached hydrogen (secondary N) is 1.